The molecule has 1 aromatic heterocycles. The zero-order valence-electron chi connectivity index (χ0n) is 14.2. The Balaban J connectivity index is 1.74. The number of rotatable bonds is 5. The number of aromatic nitrogens is 2. The van der Waals surface area contributed by atoms with E-state index in [9.17, 15) is 9.59 Å². The highest BCUT2D eigenvalue weighted by molar-refractivity contribution is 6.02. The Morgan fingerprint density at radius 1 is 1.19 bits per heavy atom. The van der Waals surface area contributed by atoms with Crippen LogP contribution >= 0.6 is 0 Å². The van der Waals surface area contributed by atoms with Crippen LogP contribution in [-0.4, -0.2) is 22.3 Å². The molecule has 0 spiro atoms. The van der Waals surface area contributed by atoms with Gasteiger partial charge < -0.3 is 10.1 Å². The predicted octanol–water partition coefficient (Wildman–Crippen LogP) is 2.74. The topological polar surface area (TPSA) is 76.1 Å². The highest BCUT2D eigenvalue weighted by Gasteiger charge is 2.12. The van der Waals surface area contributed by atoms with Crippen LogP contribution < -0.4 is 15.6 Å². The molecule has 0 radical (unpaired) electrons. The SMILES string of the molecule is C#CCOc1ccc(NC(=O)c2cc(=O)n(-c3ccc(C)cc3)[nH]2)cc1. The molecule has 0 bridgehead atoms. The van der Waals surface area contributed by atoms with Gasteiger partial charge >= 0.3 is 0 Å². The van der Waals surface area contributed by atoms with Crippen molar-refractivity contribution >= 4 is 11.6 Å². The standard InChI is InChI=1S/C20H17N3O3/c1-3-12-26-17-10-6-15(7-11-17)21-20(25)18-13-19(24)23(22-18)16-8-4-14(2)5-9-16/h1,4-11,13,22H,12H2,2H3,(H,21,25). The van der Waals surface area contributed by atoms with E-state index in [-0.39, 0.29) is 17.9 Å². The summed E-state index contributed by atoms with van der Waals surface area (Å²) < 4.78 is 6.60. The maximum atomic E-state index is 12.4. The molecule has 1 amide bonds. The first-order valence-electron chi connectivity index (χ1n) is 7.93. The van der Waals surface area contributed by atoms with E-state index in [1.54, 1.807) is 24.3 Å². The molecule has 0 saturated carbocycles. The fourth-order valence-corrected chi connectivity index (χ4v) is 2.36. The third-order valence-electron chi connectivity index (χ3n) is 3.69. The molecular weight excluding hydrogens is 330 g/mol. The normalized spacial score (nSPS) is 10.2. The van der Waals surface area contributed by atoms with Gasteiger partial charge in [0.1, 0.15) is 18.1 Å². The van der Waals surface area contributed by atoms with E-state index in [1.807, 2.05) is 31.2 Å². The Kier molecular flexibility index (Phi) is 4.90. The van der Waals surface area contributed by atoms with Gasteiger partial charge in [0.25, 0.3) is 11.5 Å². The summed E-state index contributed by atoms with van der Waals surface area (Å²) >= 11 is 0. The fraction of sp³-hybridized carbons (Fsp3) is 0.100. The zero-order valence-corrected chi connectivity index (χ0v) is 14.2. The van der Waals surface area contributed by atoms with E-state index in [0.717, 1.165) is 5.56 Å². The number of carbonyl (C=O) groups is 1. The minimum Gasteiger partial charge on any atom is -0.481 e. The van der Waals surface area contributed by atoms with Crippen molar-refractivity contribution < 1.29 is 9.53 Å². The first-order chi connectivity index (χ1) is 12.6. The number of benzene rings is 2. The smallest absolute Gasteiger partial charge is 0.273 e. The van der Waals surface area contributed by atoms with Crippen LogP contribution in [0.2, 0.25) is 0 Å². The molecule has 0 aliphatic carbocycles. The van der Waals surface area contributed by atoms with Crippen LogP contribution in [0.1, 0.15) is 16.1 Å². The van der Waals surface area contributed by atoms with Crippen LogP contribution in [0.3, 0.4) is 0 Å². The largest absolute Gasteiger partial charge is 0.481 e. The van der Waals surface area contributed by atoms with Crippen molar-refractivity contribution in [2.24, 2.45) is 0 Å². The van der Waals surface area contributed by atoms with Crippen molar-refractivity contribution in [2.45, 2.75) is 6.92 Å². The van der Waals surface area contributed by atoms with Gasteiger partial charge in [0.15, 0.2) is 0 Å². The van der Waals surface area contributed by atoms with Crippen molar-refractivity contribution in [1.29, 1.82) is 0 Å². The van der Waals surface area contributed by atoms with Gasteiger partial charge in [-0.2, -0.15) is 0 Å². The Morgan fingerprint density at radius 2 is 1.88 bits per heavy atom. The third-order valence-corrected chi connectivity index (χ3v) is 3.69. The summed E-state index contributed by atoms with van der Waals surface area (Å²) in [5.41, 5.74) is 2.18. The molecule has 3 aromatic rings. The summed E-state index contributed by atoms with van der Waals surface area (Å²) in [7, 11) is 0. The summed E-state index contributed by atoms with van der Waals surface area (Å²) in [5.74, 6) is 2.58. The van der Waals surface area contributed by atoms with Crippen LogP contribution in [0.25, 0.3) is 5.69 Å². The van der Waals surface area contributed by atoms with Gasteiger partial charge in [-0.3, -0.25) is 14.7 Å². The number of H-pyrrole nitrogens is 1. The maximum absolute atomic E-state index is 12.4. The minimum absolute atomic E-state index is 0.170. The molecule has 0 saturated heterocycles. The Labute approximate surface area is 150 Å². The number of aryl methyl sites for hydroxylation is 1. The summed E-state index contributed by atoms with van der Waals surface area (Å²) in [6.07, 6.45) is 5.14. The lowest BCUT2D eigenvalue weighted by atomic mass is 10.2. The number of hydrogen-bond donors (Lipinski definition) is 2. The number of anilines is 1. The Hall–Kier alpha value is -3.72. The Morgan fingerprint density at radius 3 is 2.54 bits per heavy atom. The second kappa shape index (κ2) is 7.45. The number of amides is 1. The van der Waals surface area contributed by atoms with Crippen molar-refractivity contribution in [3.63, 3.8) is 0 Å². The summed E-state index contributed by atoms with van der Waals surface area (Å²) in [5, 5.41) is 5.55. The average Bonchev–Trinajstić information content (AvgIpc) is 3.04. The molecule has 2 N–H and O–H groups in total. The lowest BCUT2D eigenvalue weighted by Crippen LogP contribution is -2.14. The van der Waals surface area contributed by atoms with E-state index in [0.29, 0.717) is 17.1 Å². The lowest BCUT2D eigenvalue weighted by Gasteiger charge is -2.06. The molecule has 3 rings (SSSR count). The molecule has 0 aliphatic rings. The predicted molar refractivity (Wildman–Crippen MR) is 99.8 cm³/mol. The number of carbonyl (C=O) groups excluding carboxylic acids is 1. The van der Waals surface area contributed by atoms with Crippen molar-refractivity contribution in [3.8, 4) is 23.8 Å². The van der Waals surface area contributed by atoms with Crippen molar-refractivity contribution in [1.82, 2.24) is 9.78 Å². The molecule has 26 heavy (non-hydrogen) atoms. The quantitative estimate of drug-likeness (QED) is 0.697. The van der Waals surface area contributed by atoms with Crippen LogP contribution in [-0.2, 0) is 0 Å². The van der Waals surface area contributed by atoms with Gasteiger partial charge in [0.2, 0.25) is 0 Å². The van der Waals surface area contributed by atoms with Crippen LogP contribution in [0, 0.1) is 19.3 Å². The Bertz CT molecular complexity index is 1010. The second-order valence-electron chi connectivity index (χ2n) is 5.65. The monoisotopic (exact) mass is 347 g/mol. The number of nitrogens with zero attached hydrogens (tertiary/aromatic N) is 1. The highest BCUT2D eigenvalue weighted by Crippen LogP contribution is 2.16. The van der Waals surface area contributed by atoms with E-state index in [1.165, 1.54) is 10.7 Å². The second-order valence-corrected chi connectivity index (χ2v) is 5.65. The number of terminal acetylenes is 1. The molecule has 1 heterocycles. The van der Waals surface area contributed by atoms with E-state index in [2.05, 4.69) is 16.3 Å². The van der Waals surface area contributed by atoms with Crippen molar-refractivity contribution in [2.75, 3.05) is 11.9 Å². The number of ether oxygens (including phenoxy) is 1. The zero-order chi connectivity index (χ0) is 18.5. The van der Waals surface area contributed by atoms with Gasteiger partial charge in [0, 0.05) is 11.8 Å². The number of hydrogen-bond acceptors (Lipinski definition) is 3. The molecular formula is C20H17N3O3. The molecule has 0 atom stereocenters. The molecule has 0 aliphatic heterocycles. The summed E-state index contributed by atoms with van der Waals surface area (Å²) in [6, 6.07) is 15.5. The van der Waals surface area contributed by atoms with Crippen LogP contribution in [0.15, 0.2) is 59.4 Å². The van der Waals surface area contributed by atoms with Crippen molar-refractivity contribution in [3.05, 3.63) is 76.2 Å². The summed E-state index contributed by atoms with van der Waals surface area (Å²) in [4.78, 5) is 24.5. The van der Waals surface area contributed by atoms with Gasteiger partial charge in [-0.25, -0.2) is 4.68 Å². The van der Waals surface area contributed by atoms with Gasteiger partial charge in [-0.15, -0.1) is 6.42 Å². The summed E-state index contributed by atoms with van der Waals surface area (Å²) in [6.45, 7) is 2.14. The molecule has 0 unspecified atom stereocenters. The number of nitrogens with one attached hydrogen (secondary N) is 2. The van der Waals surface area contributed by atoms with Crippen LogP contribution in [0.4, 0.5) is 5.69 Å². The van der Waals surface area contributed by atoms with E-state index in [4.69, 9.17) is 11.2 Å². The highest BCUT2D eigenvalue weighted by atomic mass is 16.5. The molecule has 6 nitrogen and oxygen atoms in total. The molecule has 2 aromatic carbocycles. The maximum Gasteiger partial charge on any atom is 0.273 e. The average molecular weight is 347 g/mol. The van der Waals surface area contributed by atoms with E-state index >= 15 is 0 Å². The molecule has 6 heteroatoms. The molecule has 130 valence electrons. The first-order valence-corrected chi connectivity index (χ1v) is 7.93. The fourth-order valence-electron chi connectivity index (χ4n) is 2.36. The number of aromatic amines is 1. The molecule has 0 fully saturated rings. The van der Waals surface area contributed by atoms with Gasteiger partial charge in [-0.1, -0.05) is 23.6 Å². The van der Waals surface area contributed by atoms with E-state index < -0.39 is 5.91 Å². The van der Waals surface area contributed by atoms with Gasteiger partial charge in [-0.05, 0) is 43.3 Å². The lowest BCUT2D eigenvalue weighted by molar-refractivity contribution is 0.102. The third kappa shape index (κ3) is 3.84. The van der Waals surface area contributed by atoms with Gasteiger partial charge in [0.05, 0.1) is 5.69 Å². The first kappa shape index (κ1) is 17.1. The van der Waals surface area contributed by atoms with Crippen LogP contribution in [0.5, 0.6) is 5.75 Å². The minimum atomic E-state index is -0.412.